The number of nitrogens with zero attached hydrogens (tertiary/aromatic N) is 5. The van der Waals surface area contributed by atoms with Gasteiger partial charge < -0.3 is 13.6 Å². The number of furan rings is 1. The number of benzene rings is 9. The summed E-state index contributed by atoms with van der Waals surface area (Å²) in [5.41, 5.74) is 13.1. The van der Waals surface area contributed by atoms with Crippen LogP contribution in [0.25, 0.3) is 122 Å². The third-order valence-corrected chi connectivity index (χ3v) is 12.4. The lowest BCUT2D eigenvalue weighted by Gasteiger charge is -2.17. The summed E-state index contributed by atoms with van der Waals surface area (Å²) in [6.07, 6.45) is 0. The van der Waals surface area contributed by atoms with Crippen molar-refractivity contribution >= 4 is 65.6 Å². The van der Waals surface area contributed by atoms with E-state index in [2.05, 4.69) is 173 Å². The largest absolute Gasteiger partial charge is 0.456 e. The molecule has 0 aliphatic rings. The lowest BCUT2D eigenvalue weighted by atomic mass is 10.0. The van der Waals surface area contributed by atoms with Gasteiger partial charge in [-0.15, -0.1) is 0 Å². The van der Waals surface area contributed by atoms with Crippen LogP contribution in [0.1, 0.15) is 0 Å². The molecule has 63 heavy (non-hydrogen) atoms. The number of rotatable bonds is 6. The van der Waals surface area contributed by atoms with E-state index < -0.39 is 0 Å². The summed E-state index contributed by atoms with van der Waals surface area (Å²) in [7, 11) is 0. The quantitative estimate of drug-likeness (QED) is 0.168. The molecule has 0 amide bonds. The van der Waals surface area contributed by atoms with Crippen LogP contribution in [0.2, 0.25) is 0 Å². The Balaban J connectivity index is 1.10. The topological polar surface area (TPSA) is 61.7 Å². The van der Waals surface area contributed by atoms with Gasteiger partial charge in [0.15, 0.2) is 17.5 Å². The highest BCUT2D eigenvalue weighted by Crippen LogP contribution is 2.41. The van der Waals surface area contributed by atoms with Gasteiger partial charge in [-0.3, -0.25) is 0 Å². The Labute approximate surface area is 361 Å². The van der Waals surface area contributed by atoms with E-state index in [1.807, 2.05) is 48.5 Å². The molecular formula is C57H35N5O. The van der Waals surface area contributed by atoms with Gasteiger partial charge in [-0.2, -0.15) is 0 Å². The molecule has 0 aliphatic carbocycles. The molecule has 13 aromatic rings. The summed E-state index contributed by atoms with van der Waals surface area (Å²) in [6.45, 7) is 0. The molecule has 4 aromatic heterocycles. The Hall–Kier alpha value is -8.61. The van der Waals surface area contributed by atoms with Crippen LogP contribution in [0.15, 0.2) is 217 Å². The Kier molecular flexibility index (Phi) is 7.80. The van der Waals surface area contributed by atoms with Crippen LogP contribution < -0.4 is 0 Å². The first-order chi connectivity index (χ1) is 31.2. The van der Waals surface area contributed by atoms with Crippen LogP contribution >= 0.6 is 0 Å². The molecular weight excluding hydrogens is 771 g/mol. The SMILES string of the molecule is c1ccc(-c2ccc(-c3nc(-c4ccccc4)nc(-c4ccc5oc6ccccc6c5c4)n3)c(-n3c4ccccc4c4ccc(-n5c6ccccc6c6ccccc65)cc43)c2)cc1. The first kappa shape index (κ1) is 35.2. The molecule has 0 spiro atoms. The number of hydrogen-bond acceptors (Lipinski definition) is 4. The maximum absolute atomic E-state index is 6.22. The first-order valence-electron chi connectivity index (χ1n) is 21.2. The number of fused-ring (bicyclic) bond motifs is 9. The van der Waals surface area contributed by atoms with Crippen molar-refractivity contribution in [3.05, 3.63) is 212 Å². The van der Waals surface area contributed by atoms with Gasteiger partial charge in [0.05, 0.1) is 27.8 Å². The van der Waals surface area contributed by atoms with Crippen LogP contribution in [0.4, 0.5) is 0 Å². The van der Waals surface area contributed by atoms with Gasteiger partial charge in [0.1, 0.15) is 11.2 Å². The second kappa shape index (κ2) is 14.0. The summed E-state index contributed by atoms with van der Waals surface area (Å²) in [5.74, 6) is 1.76. The van der Waals surface area contributed by atoms with Crippen molar-refractivity contribution < 1.29 is 4.42 Å². The molecule has 4 heterocycles. The molecule has 0 saturated carbocycles. The normalized spacial score (nSPS) is 11.8. The fourth-order valence-corrected chi connectivity index (χ4v) is 9.48. The highest BCUT2D eigenvalue weighted by Gasteiger charge is 2.22. The summed E-state index contributed by atoms with van der Waals surface area (Å²) in [4.78, 5) is 15.8. The minimum Gasteiger partial charge on any atom is -0.456 e. The summed E-state index contributed by atoms with van der Waals surface area (Å²) in [6, 6.07) is 74.6. The van der Waals surface area contributed by atoms with E-state index in [4.69, 9.17) is 19.4 Å². The molecule has 0 radical (unpaired) electrons. The van der Waals surface area contributed by atoms with Crippen LogP contribution in [-0.2, 0) is 0 Å². The van der Waals surface area contributed by atoms with Gasteiger partial charge in [0.25, 0.3) is 0 Å². The molecule has 0 atom stereocenters. The molecule has 294 valence electrons. The molecule has 6 heteroatoms. The Morgan fingerprint density at radius 2 is 0.825 bits per heavy atom. The zero-order chi connectivity index (χ0) is 41.4. The van der Waals surface area contributed by atoms with Gasteiger partial charge in [0.2, 0.25) is 0 Å². The first-order valence-corrected chi connectivity index (χ1v) is 21.2. The Morgan fingerprint density at radius 1 is 0.302 bits per heavy atom. The van der Waals surface area contributed by atoms with E-state index in [0.717, 1.165) is 77.6 Å². The maximum atomic E-state index is 6.22. The lowest BCUT2D eigenvalue weighted by molar-refractivity contribution is 0.669. The summed E-state index contributed by atoms with van der Waals surface area (Å²) in [5, 5.41) is 6.85. The van der Waals surface area contributed by atoms with Crippen LogP contribution in [0.5, 0.6) is 0 Å². The smallest absolute Gasteiger partial charge is 0.166 e. The van der Waals surface area contributed by atoms with Gasteiger partial charge in [-0.1, -0.05) is 146 Å². The maximum Gasteiger partial charge on any atom is 0.166 e. The van der Waals surface area contributed by atoms with E-state index in [1.54, 1.807) is 0 Å². The monoisotopic (exact) mass is 805 g/mol. The minimum absolute atomic E-state index is 0.579. The van der Waals surface area contributed by atoms with Crippen molar-refractivity contribution in [2.75, 3.05) is 0 Å². The molecule has 0 aliphatic heterocycles. The highest BCUT2D eigenvalue weighted by molar-refractivity contribution is 6.12. The zero-order valence-electron chi connectivity index (χ0n) is 33.9. The fraction of sp³-hybridized carbons (Fsp3) is 0. The zero-order valence-corrected chi connectivity index (χ0v) is 33.9. The summed E-state index contributed by atoms with van der Waals surface area (Å²) >= 11 is 0. The Morgan fingerprint density at radius 3 is 1.52 bits per heavy atom. The molecule has 0 fully saturated rings. The van der Waals surface area contributed by atoms with Crippen molar-refractivity contribution in [1.29, 1.82) is 0 Å². The molecule has 0 N–H and O–H groups in total. The van der Waals surface area contributed by atoms with Crippen molar-refractivity contribution in [2.45, 2.75) is 0 Å². The average Bonchev–Trinajstić information content (AvgIpc) is 4.01. The predicted molar refractivity (Wildman–Crippen MR) is 258 cm³/mol. The van der Waals surface area contributed by atoms with Gasteiger partial charge in [-0.05, 0) is 77.9 Å². The number of hydrogen-bond donors (Lipinski definition) is 0. The lowest BCUT2D eigenvalue weighted by Crippen LogP contribution is -2.04. The van der Waals surface area contributed by atoms with E-state index in [1.165, 1.54) is 27.2 Å². The number of aromatic nitrogens is 5. The highest BCUT2D eigenvalue weighted by atomic mass is 16.3. The van der Waals surface area contributed by atoms with Gasteiger partial charge >= 0.3 is 0 Å². The van der Waals surface area contributed by atoms with E-state index >= 15 is 0 Å². The van der Waals surface area contributed by atoms with Crippen LogP contribution in [0, 0.1) is 0 Å². The van der Waals surface area contributed by atoms with Crippen LogP contribution in [-0.4, -0.2) is 24.1 Å². The average molecular weight is 806 g/mol. The van der Waals surface area contributed by atoms with Crippen molar-refractivity contribution in [2.24, 2.45) is 0 Å². The second-order valence-corrected chi connectivity index (χ2v) is 16.0. The van der Waals surface area contributed by atoms with E-state index in [9.17, 15) is 0 Å². The minimum atomic E-state index is 0.579. The molecule has 6 nitrogen and oxygen atoms in total. The third-order valence-electron chi connectivity index (χ3n) is 12.4. The molecule has 0 saturated heterocycles. The summed E-state index contributed by atoms with van der Waals surface area (Å²) < 4.78 is 11.0. The van der Waals surface area contributed by atoms with E-state index in [0.29, 0.717) is 17.5 Å². The predicted octanol–water partition coefficient (Wildman–Crippen LogP) is 14.6. The van der Waals surface area contributed by atoms with Gasteiger partial charge in [0, 0.05) is 54.7 Å². The van der Waals surface area contributed by atoms with Crippen molar-refractivity contribution in [3.8, 4) is 56.7 Å². The van der Waals surface area contributed by atoms with E-state index in [-0.39, 0.29) is 0 Å². The van der Waals surface area contributed by atoms with Gasteiger partial charge in [-0.25, -0.2) is 15.0 Å². The third kappa shape index (κ3) is 5.62. The standard InChI is InChI=1S/C57H35N5O/c1-3-15-36(16-4-1)38-27-30-46(57-59-55(37-17-5-2-6-18-37)58-56(60-57)39-28-32-54-47(33-39)45-22-10-14-26-53(45)63-54)51(34-38)62-50-25-13-9-21-43(50)44-31-29-40(35-52(44)62)61-48-23-11-7-19-41(48)42-20-8-12-24-49(42)61/h1-35H. The van der Waals surface area contributed by atoms with Crippen molar-refractivity contribution in [3.63, 3.8) is 0 Å². The molecule has 0 bridgehead atoms. The molecule has 9 aromatic carbocycles. The van der Waals surface area contributed by atoms with Crippen molar-refractivity contribution in [1.82, 2.24) is 24.1 Å². The molecule has 13 rings (SSSR count). The Bertz CT molecular complexity index is 3860. The fourth-order valence-electron chi connectivity index (χ4n) is 9.48. The molecule has 0 unspecified atom stereocenters. The van der Waals surface area contributed by atoms with Crippen LogP contribution in [0.3, 0.4) is 0 Å². The number of para-hydroxylation sites is 4. The second-order valence-electron chi connectivity index (χ2n) is 16.0.